The second-order valence-electron chi connectivity index (χ2n) is 2.64. The van der Waals surface area contributed by atoms with Crippen LogP contribution < -0.4 is 0 Å². The van der Waals surface area contributed by atoms with Crippen LogP contribution >= 0.6 is 0 Å². The van der Waals surface area contributed by atoms with Gasteiger partial charge in [-0.1, -0.05) is 24.3 Å². The monoisotopic (exact) mass is 178 g/mol. The number of carbonyl (C=O) groups excluding carboxylic acids is 2. The number of hydrogen-bond donors (Lipinski definition) is 0. The van der Waals surface area contributed by atoms with E-state index in [1.54, 1.807) is 24.3 Å². The number of esters is 1. The summed E-state index contributed by atoms with van der Waals surface area (Å²) in [5.41, 5.74) is 1.49. The molecular formula is C10H10O3. The van der Waals surface area contributed by atoms with Crippen molar-refractivity contribution in [1.82, 2.24) is 0 Å². The van der Waals surface area contributed by atoms with Crippen molar-refractivity contribution in [2.75, 3.05) is 0 Å². The largest absolute Gasteiger partial charge is 0.461 e. The Morgan fingerprint density at radius 2 is 2.00 bits per heavy atom. The van der Waals surface area contributed by atoms with E-state index < -0.39 is 0 Å². The second-order valence-corrected chi connectivity index (χ2v) is 2.64. The summed E-state index contributed by atoms with van der Waals surface area (Å²) in [6, 6.07) is 6.89. The first-order valence-corrected chi connectivity index (χ1v) is 3.90. The molecule has 0 saturated heterocycles. The number of aldehydes is 1. The maximum atomic E-state index is 10.5. The lowest BCUT2D eigenvalue weighted by Crippen LogP contribution is -1.98. The van der Waals surface area contributed by atoms with Gasteiger partial charge in [-0.3, -0.25) is 9.59 Å². The molecule has 0 aliphatic heterocycles. The first-order chi connectivity index (χ1) is 6.22. The van der Waals surface area contributed by atoms with Gasteiger partial charge in [0, 0.05) is 12.5 Å². The average Bonchev–Trinajstić information content (AvgIpc) is 2.15. The highest BCUT2D eigenvalue weighted by molar-refractivity contribution is 5.74. The third-order valence-electron chi connectivity index (χ3n) is 1.56. The summed E-state index contributed by atoms with van der Waals surface area (Å²) in [5.74, 6) is -0.306. The zero-order valence-corrected chi connectivity index (χ0v) is 7.32. The summed E-state index contributed by atoms with van der Waals surface area (Å²) < 4.78 is 4.77. The minimum atomic E-state index is -0.306. The van der Waals surface area contributed by atoms with Crippen LogP contribution in [0.2, 0.25) is 0 Å². The van der Waals surface area contributed by atoms with Gasteiger partial charge in [-0.05, 0) is 5.56 Å². The maximum absolute atomic E-state index is 10.5. The van der Waals surface area contributed by atoms with E-state index >= 15 is 0 Å². The van der Waals surface area contributed by atoms with Gasteiger partial charge in [-0.15, -0.1) is 0 Å². The number of carbonyl (C=O) groups is 2. The summed E-state index contributed by atoms with van der Waals surface area (Å²) >= 11 is 0. The fourth-order valence-electron chi connectivity index (χ4n) is 0.877. The maximum Gasteiger partial charge on any atom is 0.302 e. The van der Waals surface area contributed by atoms with Crippen LogP contribution in [0.1, 0.15) is 22.8 Å². The van der Waals surface area contributed by atoms with Crippen LogP contribution in [0.5, 0.6) is 0 Å². The molecule has 0 saturated carbocycles. The summed E-state index contributed by atoms with van der Waals surface area (Å²) in [7, 11) is 0. The van der Waals surface area contributed by atoms with Gasteiger partial charge in [-0.25, -0.2) is 0 Å². The Labute approximate surface area is 76.3 Å². The van der Waals surface area contributed by atoms with Crippen molar-refractivity contribution in [3.8, 4) is 0 Å². The van der Waals surface area contributed by atoms with E-state index in [1.807, 2.05) is 0 Å². The van der Waals surface area contributed by atoms with Crippen molar-refractivity contribution in [3.05, 3.63) is 35.4 Å². The molecule has 0 amide bonds. The Morgan fingerprint density at radius 1 is 1.38 bits per heavy atom. The van der Waals surface area contributed by atoms with Crippen LogP contribution in [-0.2, 0) is 16.1 Å². The molecule has 0 fully saturated rings. The van der Waals surface area contributed by atoms with Crippen molar-refractivity contribution in [2.45, 2.75) is 13.5 Å². The standard InChI is InChI=1S/C10H10O3/c1-8(12)13-7-10-4-2-9(6-11)3-5-10/h2-6H,7H2,1H3. The van der Waals surface area contributed by atoms with Gasteiger partial charge in [0.05, 0.1) is 0 Å². The predicted octanol–water partition coefficient (Wildman–Crippen LogP) is 1.56. The molecule has 1 aromatic rings. The zero-order chi connectivity index (χ0) is 9.68. The number of ether oxygens (including phenoxy) is 1. The molecule has 1 rings (SSSR count). The van der Waals surface area contributed by atoms with Crippen LogP contribution in [0, 0.1) is 0 Å². The third-order valence-corrected chi connectivity index (χ3v) is 1.56. The average molecular weight is 178 g/mol. The Hall–Kier alpha value is -1.64. The quantitative estimate of drug-likeness (QED) is 0.521. The van der Waals surface area contributed by atoms with E-state index in [9.17, 15) is 9.59 Å². The van der Waals surface area contributed by atoms with Gasteiger partial charge >= 0.3 is 5.97 Å². The fourth-order valence-corrected chi connectivity index (χ4v) is 0.877. The molecule has 0 aromatic heterocycles. The molecule has 0 aliphatic rings. The van der Waals surface area contributed by atoms with Gasteiger partial charge in [0.15, 0.2) is 0 Å². The lowest BCUT2D eigenvalue weighted by Gasteiger charge is -2.01. The topological polar surface area (TPSA) is 43.4 Å². The molecule has 0 atom stereocenters. The number of rotatable bonds is 3. The van der Waals surface area contributed by atoms with E-state index in [4.69, 9.17) is 4.74 Å². The molecule has 3 nitrogen and oxygen atoms in total. The van der Waals surface area contributed by atoms with E-state index in [1.165, 1.54) is 6.92 Å². The fraction of sp³-hybridized carbons (Fsp3) is 0.200. The van der Waals surface area contributed by atoms with E-state index in [0.29, 0.717) is 5.56 Å². The molecule has 0 radical (unpaired) electrons. The minimum Gasteiger partial charge on any atom is -0.461 e. The SMILES string of the molecule is CC(=O)OCc1ccc(C=O)cc1. The van der Waals surface area contributed by atoms with Gasteiger partial charge < -0.3 is 4.74 Å². The smallest absolute Gasteiger partial charge is 0.302 e. The first kappa shape index (κ1) is 9.45. The molecule has 0 heterocycles. The highest BCUT2D eigenvalue weighted by Crippen LogP contribution is 2.03. The van der Waals surface area contributed by atoms with Crippen molar-refractivity contribution in [3.63, 3.8) is 0 Å². The molecule has 3 heteroatoms. The van der Waals surface area contributed by atoms with Gasteiger partial charge in [-0.2, -0.15) is 0 Å². The highest BCUT2D eigenvalue weighted by atomic mass is 16.5. The van der Waals surface area contributed by atoms with Crippen molar-refractivity contribution in [2.24, 2.45) is 0 Å². The Morgan fingerprint density at radius 3 is 2.46 bits per heavy atom. The van der Waals surface area contributed by atoms with Crippen molar-refractivity contribution >= 4 is 12.3 Å². The third kappa shape index (κ3) is 3.07. The molecule has 0 aliphatic carbocycles. The van der Waals surface area contributed by atoms with Gasteiger partial charge in [0.25, 0.3) is 0 Å². The second kappa shape index (κ2) is 4.40. The van der Waals surface area contributed by atoms with Gasteiger partial charge in [0.2, 0.25) is 0 Å². The molecule has 68 valence electrons. The Bertz CT molecular complexity index is 300. The normalized spacial score (nSPS) is 9.31. The van der Waals surface area contributed by atoms with Crippen LogP contribution in [0.3, 0.4) is 0 Å². The van der Waals surface area contributed by atoms with Crippen LogP contribution in [-0.4, -0.2) is 12.3 Å². The molecule has 1 aromatic carbocycles. The first-order valence-electron chi connectivity index (χ1n) is 3.90. The lowest BCUT2D eigenvalue weighted by molar-refractivity contribution is -0.142. The van der Waals surface area contributed by atoms with E-state index in [-0.39, 0.29) is 12.6 Å². The molecule has 13 heavy (non-hydrogen) atoms. The number of benzene rings is 1. The van der Waals surface area contributed by atoms with Crippen LogP contribution in [0.4, 0.5) is 0 Å². The highest BCUT2D eigenvalue weighted by Gasteiger charge is 1.96. The summed E-state index contributed by atoms with van der Waals surface area (Å²) in [6.07, 6.45) is 0.773. The molecule has 0 N–H and O–H groups in total. The molecule has 0 bridgehead atoms. The van der Waals surface area contributed by atoms with Crippen molar-refractivity contribution < 1.29 is 14.3 Å². The predicted molar refractivity (Wildman–Crippen MR) is 47.3 cm³/mol. The zero-order valence-electron chi connectivity index (χ0n) is 7.32. The molecular weight excluding hydrogens is 168 g/mol. The van der Waals surface area contributed by atoms with Crippen LogP contribution in [0.15, 0.2) is 24.3 Å². The summed E-state index contributed by atoms with van der Waals surface area (Å²) in [4.78, 5) is 20.8. The number of hydrogen-bond acceptors (Lipinski definition) is 3. The van der Waals surface area contributed by atoms with Crippen LogP contribution in [0.25, 0.3) is 0 Å². The summed E-state index contributed by atoms with van der Waals surface area (Å²) in [5, 5.41) is 0. The lowest BCUT2D eigenvalue weighted by atomic mass is 10.2. The molecule has 0 spiro atoms. The Balaban J connectivity index is 2.59. The summed E-state index contributed by atoms with van der Waals surface area (Å²) in [6.45, 7) is 1.62. The van der Waals surface area contributed by atoms with Crippen molar-refractivity contribution in [1.29, 1.82) is 0 Å². The Kier molecular flexibility index (Phi) is 3.20. The minimum absolute atomic E-state index is 0.258. The van der Waals surface area contributed by atoms with Gasteiger partial charge in [0.1, 0.15) is 12.9 Å². The molecule has 0 unspecified atom stereocenters. The van der Waals surface area contributed by atoms with E-state index in [0.717, 1.165) is 11.8 Å². The van der Waals surface area contributed by atoms with E-state index in [2.05, 4.69) is 0 Å².